The molecule has 0 saturated heterocycles. The van der Waals surface area contributed by atoms with Crippen molar-refractivity contribution in [3.8, 4) is 0 Å². The number of hydrogen-bond donors (Lipinski definition) is 3. The first-order valence-corrected chi connectivity index (χ1v) is 9.98. The third-order valence-electron chi connectivity index (χ3n) is 2.91. The maximum atomic E-state index is 10.6. The Morgan fingerprint density at radius 2 is 0.893 bits per heavy atom. The summed E-state index contributed by atoms with van der Waals surface area (Å²) in [6.07, 6.45) is -0.699. The Balaban J connectivity index is -0.000000336. The van der Waals surface area contributed by atoms with E-state index in [4.69, 9.17) is 14.8 Å². The number of carboxylic acid groups (broad SMARTS) is 2. The number of carbonyl (C=O) groups is 5. The topological polar surface area (TPSA) is 180 Å². The van der Waals surface area contributed by atoms with Gasteiger partial charge in [0.2, 0.25) is 0 Å². The van der Waals surface area contributed by atoms with Crippen LogP contribution in [0.5, 0.6) is 0 Å². The van der Waals surface area contributed by atoms with Gasteiger partial charge < -0.3 is 10.2 Å². The Labute approximate surface area is 165 Å². The second-order valence-electron chi connectivity index (χ2n) is 6.73. The molecule has 0 aliphatic heterocycles. The maximum Gasteiger partial charge on any atom is 0.310 e. The first kappa shape index (κ1) is 30.6. The molecule has 0 amide bonds. The Morgan fingerprint density at radius 1 is 0.643 bits per heavy atom. The SMILES string of the molecule is CC(C)C(=O)CC(=O)O.CC(C)C(=O)CC(=O)O.CC(C)C(=O)CS(=O)(=O)O. The second-order valence-corrected chi connectivity index (χ2v) is 8.18. The molecule has 0 fully saturated rings. The predicted molar refractivity (Wildman–Crippen MR) is 100 cm³/mol. The van der Waals surface area contributed by atoms with Gasteiger partial charge >= 0.3 is 11.9 Å². The van der Waals surface area contributed by atoms with Crippen molar-refractivity contribution < 1.29 is 47.2 Å². The zero-order valence-electron chi connectivity index (χ0n) is 17.0. The third-order valence-corrected chi connectivity index (χ3v) is 3.56. The van der Waals surface area contributed by atoms with Crippen molar-refractivity contribution in [2.45, 2.75) is 54.4 Å². The van der Waals surface area contributed by atoms with Crippen LogP contribution >= 0.6 is 0 Å². The van der Waals surface area contributed by atoms with Crippen LogP contribution in [0.25, 0.3) is 0 Å². The minimum atomic E-state index is -4.12. The molecule has 0 atom stereocenters. The molecule has 0 spiro atoms. The molecule has 10 nitrogen and oxygen atoms in total. The lowest BCUT2D eigenvalue weighted by molar-refractivity contribution is -0.142. The highest BCUT2D eigenvalue weighted by atomic mass is 32.2. The number of rotatable bonds is 9. The monoisotopic (exact) mass is 426 g/mol. The minimum absolute atomic E-state index is 0.166. The van der Waals surface area contributed by atoms with Crippen molar-refractivity contribution in [1.82, 2.24) is 0 Å². The minimum Gasteiger partial charge on any atom is -0.481 e. The van der Waals surface area contributed by atoms with E-state index in [1.54, 1.807) is 41.5 Å². The predicted octanol–water partition coefficient (Wildman–Crippen LogP) is 1.47. The summed E-state index contributed by atoms with van der Waals surface area (Å²) in [5, 5.41) is 16.2. The highest BCUT2D eigenvalue weighted by Gasteiger charge is 2.15. The van der Waals surface area contributed by atoms with E-state index in [-0.39, 0.29) is 42.2 Å². The van der Waals surface area contributed by atoms with Crippen molar-refractivity contribution in [2.75, 3.05) is 5.75 Å². The Kier molecular flexibility index (Phi) is 16.2. The molecule has 0 heterocycles. The molecule has 0 saturated carbocycles. The van der Waals surface area contributed by atoms with Crippen LogP contribution in [0.1, 0.15) is 54.4 Å². The van der Waals surface area contributed by atoms with Gasteiger partial charge in [0.05, 0.1) is 0 Å². The molecule has 28 heavy (non-hydrogen) atoms. The van der Waals surface area contributed by atoms with Crippen LogP contribution in [-0.2, 0) is 34.1 Å². The average molecular weight is 426 g/mol. The summed E-state index contributed by atoms with van der Waals surface area (Å²) in [6, 6.07) is 0. The Bertz CT molecular complexity index is 613. The van der Waals surface area contributed by atoms with Gasteiger partial charge in [0, 0.05) is 17.8 Å². The standard InChI is InChI=1S/2C6H10O3.C5H10O4S/c2*1-4(2)5(7)3-6(8)9;1-4(2)5(6)3-10(7,8)9/h2*4H,3H2,1-2H3,(H,8,9);4H,3H2,1-2H3,(H,7,8,9). The van der Waals surface area contributed by atoms with Gasteiger partial charge in [0.15, 0.2) is 5.78 Å². The quantitative estimate of drug-likeness (QED) is 0.361. The number of Topliss-reactive ketones (excluding diaryl/α,β-unsaturated/α-hetero) is 3. The lowest BCUT2D eigenvalue weighted by Gasteiger charge is -1.99. The largest absolute Gasteiger partial charge is 0.481 e. The summed E-state index contributed by atoms with van der Waals surface area (Å²) >= 11 is 0. The average Bonchev–Trinajstić information content (AvgIpc) is 2.45. The molecule has 0 aromatic heterocycles. The molecule has 0 bridgehead atoms. The van der Waals surface area contributed by atoms with Crippen LogP contribution in [-0.4, -0.2) is 58.2 Å². The summed E-state index contributed by atoms with van der Waals surface area (Å²) in [6.45, 7) is 9.90. The van der Waals surface area contributed by atoms with E-state index >= 15 is 0 Å². The van der Waals surface area contributed by atoms with E-state index in [0.717, 1.165) is 0 Å². The molecule has 0 radical (unpaired) electrons. The highest BCUT2D eigenvalue weighted by molar-refractivity contribution is 7.86. The fraction of sp³-hybridized carbons (Fsp3) is 0.706. The lowest BCUT2D eigenvalue weighted by atomic mass is 10.1. The molecule has 11 heteroatoms. The van der Waals surface area contributed by atoms with Crippen molar-refractivity contribution in [1.29, 1.82) is 0 Å². The first-order chi connectivity index (χ1) is 12.4. The molecule has 0 unspecified atom stereocenters. The van der Waals surface area contributed by atoms with Gasteiger partial charge in [-0.15, -0.1) is 0 Å². The van der Waals surface area contributed by atoms with Gasteiger partial charge in [0.25, 0.3) is 10.1 Å². The van der Waals surface area contributed by atoms with Gasteiger partial charge in [-0.25, -0.2) is 0 Å². The number of aliphatic carboxylic acids is 2. The van der Waals surface area contributed by atoms with E-state index in [0.29, 0.717) is 0 Å². The fourth-order valence-electron chi connectivity index (χ4n) is 1.05. The number of ketones is 3. The maximum absolute atomic E-state index is 10.6. The molecule has 3 N–H and O–H groups in total. The van der Waals surface area contributed by atoms with Crippen LogP contribution in [0.3, 0.4) is 0 Å². The number of carbonyl (C=O) groups excluding carboxylic acids is 3. The molecular weight excluding hydrogens is 396 g/mol. The molecular formula is C17H30O10S. The van der Waals surface area contributed by atoms with Crippen LogP contribution in [0.2, 0.25) is 0 Å². The van der Waals surface area contributed by atoms with Gasteiger partial charge in [-0.3, -0.25) is 28.5 Å². The van der Waals surface area contributed by atoms with E-state index in [2.05, 4.69) is 0 Å². The number of carboxylic acids is 2. The van der Waals surface area contributed by atoms with Gasteiger partial charge in [0.1, 0.15) is 30.2 Å². The van der Waals surface area contributed by atoms with E-state index in [1.807, 2.05) is 0 Å². The Hall–Kier alpha value is -2.14. The lowest BCUT2D eigenvalue weighted by Crippen LogP contribution is -2.19. The fourth-order valence-corrected chi connectivity index (χ4v) is 1.75. The molecule has 0 aromatic rings. The summed E-state index contributed by atoms with van der Waals surface area (Å²) < 4.78 is 28.4. The van der Waals surface area contributed by atoms with E-state index in [9.17, 15) is 32.4 Å². The summed E-state index contributed by atoms with van der Waals surface area (Å²) in [5.41, 5.74) is 0. The van der Waals surface area contributed by atoms with Crippen molar-refractivity contribution >= 4 is 39.4 Å². The molecule has 0 aliphatic carbocycles. The highest BCUT2D eigenvalue weighted by Crippen LogP contribution is 1.98. The molecule has 164 valence electrons. The van der Waals surface area contributed by atoms with Crippen molar-refractivity contribution in [3.63, 3.8) is 0 Å². The summed E-state index contributed by atoms with van der Waals surface area (Å²) in [7, 11) is -4.12. The smallest absolute Gasteiger partial charge is 0.310 e. The molecule has 0 aromatic carbocycles. The Morgan fingerprint density at radius 3 is 0.964 bits per heavy atom. The van der Waals surface area contributed by atoms with Gasteiger partial charge in [-0.2, -0.15) is 8.42 Å². The van der Waals surface area contributed by atoms with Gasteiger partial charge in [-0.05, 0) is 0 Å². The zero-order chi connectivity index (χ0) is 23.2. The first-order valence-electron chi connectivity index (χ1n) is 8.37. The van der Waals surface area contributed by atoms with Crippen LogP contribution < -0.4 is 0 Å². The van der Waals surface area contributed by atoms with Crippen LogP contribution in [0, 0.1) is 17.8 Å². The van der Waals surface area contributed by atoms with Crippen LogP contribution in [0.15, 0.2) is 0 Å². The number of hydrogen-bond acceptors (Lipinski definition) is 7. The molecule has 0 rings (SSSR count). The third kappa shape index (κ3) is 23.9. The molecule has 0 aliphatic rings. The van der Waals surface area contributed by atoms with E-state index < -0.39 is 33.6 Å². The zero-order valence-corrected chi connectivity index (χ0v) is 17.8. The summed E-state index contributed by atoms with van der Waals surface area (Å²) in [5.74, 6) is -4.45. The van der Waals surface area contributed by atoms with E-state index in [1.165, 1.54) is 0 Å². The van der Waals surface area contributed by atoms with Crippen LogP contribution in [0.4, 0.5) is 0 Å². The van der Waals surface area contributed by atoms with Crippen molar-refractivity contribution in [2.24, 2.45) is 17.8 Å². The normalized spacial score (nSPS) is 10.5. The second kappa shape index (κ2) is 14.9. The summed E-state index contributed by atoms with van der Waals surface area (Å²) in [4.78, 5) is 51.6. The van der Waals surface area contributed by atoms with Crippen molar-refractivity contribution in [3.05, 3.63) is 0 Å². The van der Waals surface area contributed by atoms with Gasteiger partial charge in [-0.1, -0.05) is 41.5 Å².